The number of rotatable bonds is 20. The maximum absolute atomic E-state index is 13.9. The summed E-state index contributed by atoms with van der Waals surface area (Å²) in [5.41, 5.74) is 25.6. The highest BCUT2D eigenvalue weighted by Crippen LogP contribution is 2.40. The number of benzene rings is 4. The predicted octanol–water partition coefficient (Wildman–Crippen LogP) is 1.87. The first-order valence-corrected chi connectivity index (χ1v) is 22.9. The number of hydrogen-bond donors (Lipinski definition) is 10. The van der Waals surface area contributed by atoms with E-state index in [0.29, 0.717) is 57.3 Å². The van der Waals surface area contributed by atoms with Crippen LogP contribution in [0, 0.1) is 0 Å². The van der Waals surface area contributed by atoms with Crippen LogP contribution in [-0.4, -0.2) is 110 Å². The van der Waals surface area contributed by atoms with E-state index < -0.39 is 60.9 Å². The summed E-state index contributed by atoms with van der Waals surface area (Å²) in [6, 6.07) is 14.7. The molecule has 0 heterocycles. The molecule has 5 rings (SSSR count). The maximum atomic E-state index is 13.9. The molecule has 0 saturated carbocycles. The first kappa shape index (κ1) is 54.4. The van der Waals surface area contributed by atoms with Crippen molar-refractivity contribution < 1.29 is 57.9 Å². The van der Waals surface area contributed by atoms with Gasteiger partial charge in [-0.1, -0.05) is 36.4 Å². The lowest BCUT2D eigenvalue weighted by Gasteiger charge is -2.22. The fourth-order valence-corrected chi connectivity index (χ4v) is 8.10. The summed E-state index contributed by atoms with van der Waals surface area (Å²) in [4.78, 5) is 85.5. The number of para-hydroxylation sites is 2. The van der Waals surface area contributed by atoms with Crippen LogP contribution in [0.1, 0.15) is 84.0 Å². The van der Waals surface area contributed by atoms with Crippen LogP contribution in [-0.2, 0) is 63.9 Å². The van der Waals surface area contributed by atoms with Crippen LogP contribution in [0.5, 0.6) is 23.0 Å². The van der Waals surface area contributed by atoms with Gasteiger partial charge in [-0.25, -0.2) is 9.59 Å². The standard InChI is InChI=1S/C50H62N10O12/c1-27(61)57-39(13-7-15-55-49(51)52)47(67)59-37-21-33-17-29-9-5-11-31(45(29)71-25-41(63)69-3)19-35-23-38(60-48(68)40(58-28(2)62)14-8-16-56-50(53)54)24-36(44(35)66)20-32-12-6-10-30(18-34(22-37)43(33)65)46(32)72-26-42(64)70-4/h5-6,9-12,21-24,39-40,65-66H,7-8,13-20,25-26H2,1-4H3,(H,57,61)(H,58,62)(H,59,67)(H,60,68)(H4,51,52,55)(H4,53,54,56)/t39-,40-/m0/s1. The monoisotopic (exact) mass is 994 g/mol. The number of phenols is 2. The first-order valence-electron chi connectivity index (χ1n) is 22.9. The zero-order valence-corrected chi connectivity index (χ0v) is 40.6. The Morgan fingerprint density at radius 2 is 0.875 bits per heavy atom. The third kappa shape index (κ3) is 15.7. The number of phenolic OH excluding ortho intramolecular Hbond substituents is 2. The largest absolute Gasteiger partial charge is 0.507 e. The second kappa shape index (κ2) is 25.9. The summed E-state index contributed by atoms with van der Waals surface area (Å²) in [6.07, 6.45) is 0.952. The van der Waals surface area contributed by atoms with Gasteiger partial charge in [-0.05, 0) is 72.2 Å². The van der Waals surface area contributed by atoms with Crippen molar-refractivity contribution in [3.63, 3.8) is 0 Å². The van der Waals surface area contributed by atoms with Gasteiger partial charge in [0.2, 0.25) is 23.6 Å². The molecule has 1 aliphatic carbocycles. The van der Waals surface area contributed by atoms with E-state index >= 15 is 0 Å². The topological polar surface area (TPSA) is 357 Å². The molecule has 72 heavy (non-hydrogen) atoms. The summed E-state index contributed by atoms with van der Waals surface area (Å²) in [5.74, 6) is -3.46. The Morgan fingerprint density at radius 3 is 1.15 bits per heavy atom. The number of methoxy groups -OCH3 is 2. The SMILES string of the molecule is COC(=O)COc1c2cccc1Cc1cc(NC(=O)[C@H](CCCN=C(N)N)NC(C)=O)cc(c1O)Cc1cccc(c1OCC(=O)OC)Cc1cc(NC(=O)[C@H](CCCN=C(N)N)NC(C)=O)cc(c1O)C2. The Morgan fingerprint density at radius 1 is 0.556 bits per heavy atom. The van der Waals surface area contributed by atoms with Crippen LogP contribution in [0.3, 0.4) is 0 Å². The third-order valence-corrected chi connectivity index (χ3v) is 11.4. The van der Waals surface area contributed by atoms with Gasteiger partial charge in [-0.15, -0.1) is 0 Å². The van der Waals surface area contributed by atoms with E-state index in [1.807, 2.05) is 0 Å². The Bertz CT molecular complexity index is 2440. The van der Waals surface area contributed by atoms with Crippen LogP contribution in [0.4, 0.5) is 11.4 Å². The molecular formula is C50H62N10O12. The third-order valence-electron chi connectivity index (χ3n) is 11.4. The minimum atomic E-state index is -0.990. The molecule has 0 aliphatic heterocycles. The Kier molecular flexibility index (Phi) is 19.5. The number of nitrogens with zero attached hydrogens (tertiary/aromatic N) is 2. The van der Waals surface area contributed by atoms with Crippen LogP contribution in [0.25, 0.3) is 0 Å². The highest BCUT2D eigenvalue weighted by atomic mass is 16.6. The number of esters is 2. The van der Waals surface area contributed by atoms with E-state index in [0.717, 1.165) is 0 Å². The number of fused-ring (bicyclic) bond motifs is 8. The molecule has 4 aromatic rings. The fraction of sp³-hybridized carbons (Fsp3) is 0.360. The average Bonchev–Trinajstić information content (AvgIpc) is 3.32. The first-order chi connectivity index (χ1) is 34.3. The second-order valence-corrected chi connectivity index (χ2v) is 16.9. The van der Waals surface area contributed by atoms with Crippen molar-refractivity contribution >= 4 is 58.9 Å². The smallest absolute Gasteiger partial charge is 0.343 e. The van der Waals surface area contributed by atoms with Gasteiger partial charge in [0.05, 0.1) is 14.2 Å². The van der Waals surface area contributed by atoms with Gasteiger partial charge in [0, 0.05) is 86.2 Å². The van der Waals surface area contributed by atoms with Crippen molar-refractivity contribution in [1.29, 1.82) is 0 Å². The van der Waals surface area contributed by atoms with Crippen molar-refractivity contribution in [2.75, 3.05) is 51.2 Å². The van der Waals surface area contributed by atoms with Gasteiger partial charge in [0.15, 0.2) is 25.1 Å². The van der Waals surface area contributed by atoms with Gasteiger partial charge < -0.3 is 73.4 Å². The van der Waals surface area contributed by atoms with E-state index in [-0.39, 0.29) is 97.9 Å². The van der Waals surface area contributed by atoms with E-state index in [1.54, 1.807) is 60.7 Å². The normalized spacial score (nSPS) is 12.4. The van der Waals surface area contributed by atoms with E-state index in [2.05, 4.69) is 31.3 Å². The summed E-state index contributed by atoms with van der Waals surface area (Å²) >= 11 is 0. The van der Waals surface area contributed by atoms with Crippen LogP contribution in [0.15, 0.2) is 70.6 Å². The summed E-state index contributed by atoms with van der Waals surface area (Å²) in [5, 5.41) is 35.5. The molecule has 22 nitrogen and oxygen atoms in total. The van der Waals surface area contributed by atoms with E-state index in [1.165, 1.54) is 28.1 Å². The number of nitrogens with two attached hydrogens (primary N) is 4. The Labute approximate surface area is 415 Å². The second-order valence-electron chi connectivity index (χ2n) is 16.9. The van der Waals surface area contributed by atoms with Crippen molar-refractivity contribution in [2.45, 2.75) is 77.3 Å². The number of ether oxygens (including phenoxy) is 4. The molecule has 0 unspecified atom stereocenters. The minimum absolute atomic E-state index is 0.0344. The van der Waals surface area contributed by atoms with Crippen LogP contribution in [0.2, 0.25) is 0 Å². The molecule has 0 saturated heterocycles. The molecule has 8 bridgehead atoms. The Hall–Kier alpha value is -8.56. The fourth-order valence-electron chi connectivity index (χ4n) is 8.10. The molecule has 1 aliphatic rings. The Balaban J connectivity index is 1.70. The molecule has 0 aromatic heterocycles. The lowest BCUT2D eigenvalue weighted by Crippen LogP contribution is -2.43. The number of hydrogen-bond acceptors (Lipinski definition) is 14. The molecule has 0 fully saturated rings. The van der Waals surface area contributed by atoms with Gasteiger partial charge in [-0.3, -0.25) is 29.2 Å². The lowest BCUT2D eigenvalue weighted by atomic mass is 9.90. The lowest BCUT2D eigenvalue weighted by molar-refractivity contribution is -0.143. The molecule has 4 aromatic carbocycles. The minimum Gasteiger partial charge on any atom is -0.507 e. The van der Waals surface area contributed by atoms with Crippen molar-refractivity contribution in [3.05, 3.63) is 105 Å². The molecule has 2 atom stereocenters. The number of guanidine groups is 2. The number of nitrogens with one attached hydrogen (secondary N) is 4. The van der Waals surface area contributed by atoms with Gasteiger partial charge in [-0.2, -0.15) is 0 Å². The highest BCUT2D eigenvalue weighted by molar-refractivity contribution is 5.98. The summed E-state index contributed by atoms with van der Waals surface area (Å²) in [6.45, 7) is 1.98. The number of aliphatic imine (C=N–C) groups is 2. The van der Waals surface area contributed by atoms with Gasteiger partial charge >= 0.3 is 11.9 Å². The predicted molar refractivity (Wildman–Crippen MR) is 268 cm³/mol. The van der Waals surface area contributed by atoms with Crippen LogP contribution >= 0.6 is 0 Å². The number of anilines is 2. The number of carbonyl (C=O) groups is 6. The molecule has 14 N–H and O–H groups in total. The number of amides is 4. The van der Waals surface area contributed by atoms with Gasteiger partial charge in [0.1, 0.15) is 35.1 Å². The average molecular weight is 995 g/mol. The van der Waals surface area contributed by atoms with Crippen molar-refractivity contribution in [2.24, 2.45) is 32.9 Å². The number of carbonyl (C=O) groups excluding carboxylic acids is 6. The quantitative estimate of drug-likeness (QED) is 0.0175. The number of aromatic hydroxyl groups is 2. The molecule has 0 radical (unpaired) electrons. The van der Waals surface area contributed by atoms with Crippen molar-refractivity contribution in [3.8, 4) is 23.0 Å². The molecule has 4 amide bonds. The summed E-state index contributed by atoms with van der Waals surface area (Å²) in [7, 11) is 2.42. The molecule has 0 spiro atoms. The maximum Gasteiger partial charge on any atom is 0.343 e. The zero-order chi connectivity index (χ0) is 52.5. The molecular weight excluding hydrogens is 933 g/mol. The molecule has 384 valence electrons. The van der Waals surface area contributed by atoms with Crippen LogP contribution < -0.4 is 53.7 Å². The molecule has 22 heteroatoms. The zero-order valence-electron chi connectivity index (χ0n) is 40.6. The van der Waals surface area contributed by atoms with Gasteiger partial charge in [0.25, 0.3) is 0 Å². The van der Waals surface area contributed by atoms with Crippen molar-refractivity contribution in [1.82, 2.24) is 10.6 Å². The summed E-state index contributed by atoms with van der Waals surface area (Å²) < 4.78 is 22.2. The van der Waals surface area contributed by atoms with E-state index in [9.17, 15) is 39.0 Å². The highest BCUT2D eigenvalue weighted by Gasteiger charge is 2.26. The van der Waals surface area contributed by atoms with E-state index in [4.69, 9.17) is 41.9 Å².